The molecular weight excluding hydrogens is 398 g/mol. The number of rotatable bonds is 5. The molecule has 146 valence electrons. The van der Waals surface area contributed by atoms with Gasteiger partial charge in [0.05, 0.1) is 15.7 Å². The van der Waals surface area contributed by atoms with Gasteiger partial charge in [-0.1, -0.05) is 23.4 Å². The Balaban J connectivity index is 1.54. The summed E-state index contributed by atoms with van der Waals surface area (Å²) in [5.41, 5.74) is 0.488. The van der Waals surface area contributed by atoms with Crippen molar-refractivity contribution in [1.82, 2.24) is 14.4 Å². The van der Waals surface area contributed by atoms with Crippen LogP contribution in [-0.2, 0) is 10.0 Å². The number of nitrogens with zero attached hydrogens (tertiary/aromatic N) is 3. The highest BCUT2D eigenvalue weighted by Crippen LogP contribution is 2.31. The lowest BCUT2D eigenvalue weighted by atomic mass is 10.00. The van der Waals surface area contributed by atoms with Crippen molar-refractivity contribution in [2.24, 2.45) is 0 Å². The van der Waals surface area contributed by atoms with Gasteiger partial charge in [-0.3, -0.25) is 4.79 Å². The van der Waals surface area contributed by atoms with Crippen molar-refractivity contribution in [2.45, 2.75) is 30.6 Å². The smallest absolute Gasteiger partial charge is 0.243 e. The number of ketones is 1. The fourth-order valence-corrected chi connectivity index (χ4v) is 5.45. The molecule has 1 aliphatic rings. The summed E-state index contributed by atoms with van der Waals surface area (Å²) < 4.78 is 32.9. The highest BCUT2D eigenvalue weighted by Gasteiger charge is 2.33. The van der Waals surface area contributed by atoms with Gasteiger partial charge in [0.25, 0.3) is 0 Å². The van der Waals surface area contributed by atoms with E-state index in [4.69, 9.17) is 4.52 Å². The summed E-state index contributed by atoms with van der Waals surface area (Å²) in [7, 11) is -3.65. The van der Waals surface area contributed by atoms with E-state index in [9.17, 15) is 13.2 Å². The standard InChI is InChI=1S/C19H19N3O4S2/c1-13(23)14-6-8-16(9-7-14)28(24,25)22-10-2-4-15(12-22)19-20-18(21-26-19)17-5-3-11-27-17/h3,5-9,11,15H,2,4,10,12H2,1H3. The molecule has 4 rings (SSSR count). The van der Waals surface area contributed by atoms with E-state index in [2.05, 4.69) is 10.1 Å². The van der Waals surface area contributed by atoms with E-state index < -0.39 is 10.0 Å². The molecule has 7 nitrogen and oxygen atoms in total. The summed E-state index contributed by atoms with van der Waals surface area (Å²) in [6.07, 6.45) is 1.51. The van der Waals surface area contributed by atoms with Gasteiger partial charge in [0.15, 0.2) is 5.78 Å². The molecule has 0 radical (unpaired) electrons. The van der Waals surface area contributed by atoms with Crippen LogP contribution >= 0.6 is 11.3 Å². The first-order valence-electron chi connectivity index (χ1n) is 8.94. The molecule has 3 aromatic rings. The van der Waals surface area contributed by atoms with E-state index in [1.165, 1.54) is 34.7 Å². The Hall–Kier alpha value is -2.36. The normalized spacial score (nSPS) is 18.2. The van der Waals surface area contributed by atoms with Crippen molar-refractivity contribution in [2.75, 3.05) is 13.1 Å². The third-order valence-electron chi connectivity index (χ3n) is 4.82. The van der Waals surface area contributed by atoms with E-state index in [1.54, 1.807) is 12.1 Å². The minimum absolute atomic E-state index is 0.0973. The molecule has 3 heterocycles. The lowest BCUT2D eigenvalue weighted by molar-refractivity contribution is 0.101. The van der Waals surface area contributed by atoms with Crippen molar-refractivity contribution in [3.8, 4) is 10.7 Å². The molecule has 1 unspecified atom stereocenters. The molecule has 0 spiro atoms. The lowest BCUT2D eigenvalue weighted by Gasteiger charge is -2.30. The van der Waals surface area contributed by atoms with Gasteiger partial charge < -0.3 is 4.52 Å². The van der Waals surface area contributed by atoms with Crippen LogP contribution in [0, 0.1) is 0 Å². The van der Waals surface area contributed by atoms with Gasteiger partial charge in [0, 0.05) is 18.7 Å². The molecule has 0 bridgehead atoms. The number of aromatic nitrogens is 2. The van der Waals surface area contributed by atoms with E-state index in [0.29, 0.717) is 36.8 Å². The zero-order chi connectivity index (χ0) is 19.7. The maximum Gasteiger partial charge on any atom is 0.243 e. The zero-order valence-electron chi connectivity index (χ0n) is 15.2. The minimum atomic E-state index is -3.65. The highest BCUT2D eigenvalue weighted by atomic mass is 32.2. The van der Waals surface area contributed by atoms with Crippen LogP contribution < -0.4 is 0 Å². The predicted octanol–water partition coefficient (Wildman–Crippen LogP) is 3.57. The topological polar surface area (TPSA) is 93.4 Å². The van der Waals surface area contributed by atoms with Gasteiger partial charge in [-0.2, -0.15) is 9.29 Å². The van der Waals surface area contributed by atoms with Gasteiger partial charge >= 0.3 is 0 Å². The largest absolute Gasteiger partial charge is 0.339 e. The van der Waals surface area contributed by atoms with Crippen LogP contribution in [0.2, 0.25) is 0 Å². The first-order valence-corrected chi connectivity index (χ1v) is 11.3. The fourth-order valence-electron chi connectivity index (χ4n) is 3.28. The first-order chi connectivity index (χ1) is 13.4. The third-order valence-corrected chi connectivity index (χ3v) is 7.56. The van der Waals surface area contributed by atoms with E-state index in [-0.39, 0.29) is 16.6 Å². The molecule has 0 aliphatic carbocycles. The first kappa shape index (κ1) is 19.0. The van der Waals surface area contributed by atoms with Crippen molar-refractivity contribution >= 4 is 27.1 Å². The Morgan fingerprint density at radius 2 is 2.04 bits per heavy atom. The maximum atomic E-state index is 13.0. The Labute approximate surface area is 167 Å². The Morgan fingerprint density at radius 3 is 2.71 bits per heavy atom. The van der Waals surface area contributed by atoms with E-state index in [1.807, 2.05) is 17.5 Å². The number of carbonyl (C=O) groups is 1. The van der Waals surface area contributed by atoms with Crippen molar-refractivity contribution in [3.05, 3.63) is 53.2 Å². The monoisotopic (exact) mass is 417 g/mol. The van der Waals surface area contributed by atoms with Gasteiger partial charge in [0.1, 0.15) is 0 Å². The van der Waals surface area contributed by atoms with E-state index >= 15 is 0 Å². The van der Waals surface area contributed by atoms with Crippen LogP contribution in [0.15, 0.2) is 51.2 Å². The van der Waals surface area contributed by atoms with Crippen molar-refractivity contribution < 1.29 is 17.7 Å². The zero-order valence-corrected chi connectivity index (χ0v) is 16.9. The molecule has 0 saturated carbocycles. The second-order valence-corrected chi connectivity index (χ2v) is 9.60. The highest BCUT2D eigenvalue weighted by molar-refractivity contribution is 7.89. The number of carbonyl (C=O) groups excluding carboxylic acids is 1. The second-order valence-electron chi connectivity index (χ2n) is 6.72. The summed E-state index contributed by atoms with van der Waals surface area (Å²) in [4.78, 5) is 17.0. The van der Waals surface area contributed by atoms with E-state index in [0.717, 1.165) is 11.3 Å². The molecule has 1 atom stereocenters. The average Bonchev–Trinajstić information content (AvgIpc) is 3.40. The average molecular weight is 418 g/mol. The van der Waals surface area contributed by atoms with Crippen LogP contribution in [0.5, 0.6) is 0 Å². The molecule has 9 heteroatoms. The summed E-state index contributed by atoms with van der Waals surface area (Å²) in [5.74, 6) is 0.765. The van der Waals surface area contributed by atoms with Gasteiger partial charge in [0.2, 0.25) is 21.7 Å². The molecule has 1 saturated heterocycles. The van der Waals surface area contributed by atoms with Crippen LogP contribution in [0.25, 0.3) is 10.7 Å². The quantitative estimate of drug-likeness (QED) is 0.589. The fraction of sp³-hybridized carbons (Fsp3) is 0.316. The molecule has 1 aliphatic heterocycles. The van der Waals surface area contributed by atoms with Crippen molar-refractivity contribution in [3.63, 3.8) is 0 Å². The third kappa shape index (κ3) is 3.65. The number of Topliss-reactive ketones (excluding diaryl/α,β-unsaturated/α-hetero) is 1. The Bertz CT molecular complexity index is 1070. The number of piperidine rings is 1. The van der Waals surface area contributed by atoms with Crippen LogP contribution in [-0.4, -0.2) is 41.7 Å². The number of hydrogen-bond donors (Lipinski definition) is 0. The summed E-state index contributed by atoms with van der Waals surface area (Å²) in [6, 6.07) is 9.89. The molecular formula is C19H19N3O4S2. The number of benzene rings is 1. The Kier molecular flexibility index (Phi) is 5.13. The van der Waals surface area contributed by atoms with Gasteiger partial charge in [-0.15, -0.1) is 11.3 Å². The SMILES string of the molecule is CC(=O)c1ccc(S(=O)(=O)N2CCCC(c3nc(-c4cccs4)no3)C2)cc1. The number of hydrogen-bond acceptors (Lipinski definition) is 7. The number of sulfonamides is 1. The summed E-state index contributed by atoms with van der Waals surface area (Å²) in [5, 5.41) is 5.97. The molecule has 2 aromatic heterocycles. The molecule has 28 heavy (non-hydrogen) atoms. The summed E-state index contributed by atoms with van der Waals surface area (Å²) >= 11 is 1.53. The number of thiophene rings is 1. The van der Waals surface area contributed by atoms with Crippen molar-refractivity contribution in [1.29, 1.82) is 0 Å². The minimum Gasteiger partial charge on any atom is -0.339 e. The molecule has 0 N–H and O–H groups in total. The van der Waals surface area contributed by atoms with Crippen LogP contribution in [0.1, 0.15) is 41.9 Å². The second kappa shape index (κ2) is 7.57. The molecule has 0 amide bonds. The lowest BCUT2D eigenvalue weighted by Crippen LogP contribution is -2.39. The van der Waals surface area contributed by atoms with Crippen LogP contribution in [0.4, 0.5) is 0 Å². The van der Waals surface area contributed by atoms with Gasteiger partial charge in [-0.05, 0) is 43.3 Å². The Morgan fingerprint density at radius 1 is 1.25 bits per heavy atom. The molecule has 1 aromatic carbocycles. The molecule has 1 fully saturated rings. The van der Waals surface area contributed by atoms with Gasteiger partial charge in [-0.25, -0.2) is 8.42 Å². The summed E-state index contributed by atoms with van der Waals surface area (Å²) in [6.45, 7) is 2.19. The maximum absolute atomic E-state index is 13.0. The predicted molar refractivity (Wildman–Crippen MR) is 105 cm³/mol. The van der Waals surface area contributed by atoms with Crippen LogP contribution in [0.3, 0.4) is 0 Å².